The minimum atomic E-state index is 0. The van der Waals surface area contributed by atoms with Gasteiger partial charge in [0.2, 0.25) is 0 Å². The fourth-order valence-electron chi connectivity index (χ4n) is 3.63. The fourth-order valence-corrected chi connectivity index (χ4v) is 3.63. The third kappa shape index (κ3) is 5.27. The van der Waals surface area contributed by atoms with E-state index in [0.717, 1.165) is 68.7 Å². The molecule has 156 valence electrons. The van der Waals surface area contributed by atoms with Gasteiger partial charge in [-0.3, -0.25) is 9.89 Å². The van der Waals surface area contributed by atoms with Crippen molar-refractivity contribution in [1.29, 1.82) is 0 Å². The molecule has 4 heterocycles. The van der Waals surface area contributed by atoms with E-state index in [1.54, 1.807) is 6.26 Å². The molecule has 8 nitrogen and oxygen atoms in total. The number of fused-ring (bicyclic) bond motifs is 1. The number of guanidine groups is 1. The second kappa shape index (κ2) is 10.1. The molecule has 0 saturated carbocycles. The van der Waals surface area contributed by atoms with Crippen molar-refractivity contribution in [2.24, 2.45) is 4.99 Å². The summed E-state index contributed by atoms with van der Waals surface area (Å²) in [6, 6.07) is 6.07. The second-order valence-electron chi connectivity index (χ2n) is 7.13. The van der Waals surface area contributed by atoms with E-state index in [2.05, 4.69) is 54.9 Å². The maximum Gasteiger partial charge on any atom is 0.193 e. The lowest BCUT2D eigenvalue weighted by Gasteiger charge is -2.36. The number of imidazole rings is 1. The zero-order chi connectivity index (χ0) is 19.3. The molecular weight excluding hydrogens is 481 g/mol. The van der Waals surface area contributed by atoms with Crippen LogP contribution < -0.4 is 5.32 Å². The Morgan fingerprint density at radius 1 is 1.21 bits per heavy atom. The van der Waals surface area contributed by atoms with E-state index in [1.807, 2.05) is 19.3 Å². The molecule has 4 rings (SSSR count). The summed E-state index contributed by atoms with van der Waals surface area (Å²) >= 11 is 0. The van der Waals surface area contributed by atoms with E-state index in [9.17, 15) is 0 Å². The number of aromatic nitrogens is 3. The lowest BCUT2D eigenvalue weighted by molar-refractivity contribution is 0.169. The highest BCUT2D eigenvalue weighted by atomic mass is 127. The van der Waals surface area contributed by atoms with Gasteiger partial charge in [-0.2, -0.15) is 0 Å². The molecule has 9 heteroatoms. The Bertz CT molecular complexity index is 930. The summed E-state index contributed by atoms with van der Waals surface area (Å²) < 4.78 is 7.01. The zero-order valence-electron chi connectivity index (χ0n) is 16.9. The third-order valence-corrected chi connectivity index (χ3v) is 5.15. The highest BCUT2D eigenvalue weighted by molar-refractivity contribution is 14.0. The largest absolute Gasteiger partial charge is 0.364 e. The lowest BCUT2D eigenvalue weighted by atomic mass is 10.3. The zero-order valence-corrected chi connectivity index (χ0v) is 19.2. The first-order valence-electron chi connectivity index (χ1n) is 9.73. The number of hydrogen-bond acceptors (Lipinski definition) is 5. The van der Waals surface area contributed by atoms with Crippen molar-refractivity contribution >= 4 is 35.6 Å². The molecule has 0 aliphatic carbocycles. The van der Waals surface area contributed by atoms with Gasteiger partial charge < -0.3 is 19.1 Å². The summed E-state index contributed by atoms with van der Waals surface area (Å²) in [7, 11) is 1.85. The van der Waals surface area contributed by atoms with E-state index in [4.69, 9.17) is 9.51 Å². The number of aliphatic imine (C=N–C) groups is 1. The van der Waals surface area contributed by atoms with Gasteiger partial charge >= 0.3 is 0 Å². The Morgan fingerprint density at radius 2 is 2.03 bits per heavy atom. The molecule has 3 aromatic rings. The first kappa shape index (κ1) is 21.6. The molecule has 1 fully saturated rings. The molecule has 1 N–H and O–H groups in total. The number of hydrogen-bond donors (Lipinski definition) is 1. The van der Waals surface area contributed by atoms with Crippen molar-refractivity contribution in [3.63, 3.8) is 0 Å². The Balaban J connectivity index is 0.00000240. The van der Waals surface area contributed by atoms with E-state index in [-0.39, 0.29) is 24.0 Å². The smallest absolute Gasteiger partial charge is 0.193 e. The molecule has 0 bridgehead atoms. The Morgan fingerprint density at radius 3 is 2.72 bits per heavy atom. The van der Waals surface area contributed by atoms with Crippen molar-refractivity contribution in [1.82, 2.24) is 29.7 Å². The summed E-state index contributed by atoms with van der Waals surface area (Å²) in [5.41, 5.74) is 4.31. The highest BCUT2D eigenvalue weighted by Crippen LogP contribution is 2.10. The normalized spacial score (nSPS) is 15.5. The van der Waals surface area contributed by atoms with Gasteiger partial charge in [0.15, 0.2) is 5.96 Å². The van der Waals surface area contributed by atoms with E-state index < -0.39 is 0 Å². The molecule has 0 aromatic carbocycles. The van der Waals surface area contributed by atoms with Crippen molar-refractivity contribution in [2.75, 3.05) is 39.8 Å². The van der Waals surface area contributed by atoms with E-state index >= 15 is 0 Å². The first-order chi connectivity index (χ1) is 13.7. The Kier molecular flexibility index (Phi) is 7.48. The minimum absolute atomic E-state index is 0. The van der Waals surface area contributed by atoms with Gasteiger partial charge in [-0.25, -0.2) is 4.98 Å². The van der Waals surface area contributed by atoms with Crippen LogP contribution in [0.5, 0.6) is 0 Å². The molecule has 3 aromatic heterocycles. The third-order valence-electron chi connectivity index (χ3n) is 5.15. The predicted molar refractivity (Wildman–Crippen MR) is 124 cm³/mol. The number of aryl methyl sites for hydroxylation is 1. The van der Waals surface area contributed by atoms with Crippen LogP contribution in [-0.4, -0.2) is 70.1 Å². The summed E-state index contributed by atoms with van der Waals surface area (Å²) in [5, 5.41) is 7.48. The van der Waals surface area contributed by atoms with Crippen LogP contribution in [0.1, 0.15) is 17.0 Å². The van der Waals surface area contributed by atoms with Crippen LogP contribution >= 0.6 is 24.0 Å². The summed E-state index contributed by atoms with van der Waals surface area (Å²) in [5.74, 6) is 0.959. The molecule has 1 aliphatic heterocycles. The SMILES string of the molecule is CN=C(NCCc1cn2cccc(C)c2n1)N1CCN(Cc2ccon2)CC1.I. The fraction of sp³-hybridized carbons (Fsp3) is 0.450. The summed E-state index contributed by atoms with van der Waals surface area (Å²) in [4.78, 5) is 13.9. The number of halogens is 1. The molecule has 0 spiro atoms. The second-order valence-corrected chi connectivity index (χ2v) is 7.13. The van der Waals surface area contributed by atoms with Crippen molar-refractivity contribution in [3.05, 3.63) is 53.8 Å². The first-order valence-corrected chi connectivity index (χ1v) is 9.73. The number of piperazine rings is 1. The van der Waals surface area contributed by atoms with Crippen LogP contribution in [0, 0.1) is 6.92 Å². The Labute approximate surface area is 188 Å². The average Bonchev–Trinajstić information content (AvgIpc) is 3.36. The predicted octanol–water partition coefficient (Wildman–Crippen LogP) is 2.18. The molecule has 0 radical (unpaired) electrons. The molecular formula is C20H28IN7O. The number of nitrogens with zero attached hydrogens (tertiary/aromatic N) is 6. The summed E-state index contributed by atoms with van der Waals surface area (Å²) in [6.45, 7) is 7.61. The number of pyridine rings is 1. The van der Waals surface area contributed by atoms with Gasteiger partial charge in [-0.15, -0.1) is 24.0 Å². The molecule has 1 aliphatic rings. The van der Waals surface area contributed by atoms with Gasteiger partial charge in [0.05, 0.1) is 11.4 Å². The standard InChI is InChI=1S/C20H27N7O.HI/c1-16-4-3-8-27-15-17(23-19(16)27)5-7-22-20(21-2)26-11-9-25(10-12-26)14-18-6-13-28-24-18;/h3-4,6,8,13,15H,5,7,9-12,14H2,1-2H3,(H,21,22);1H. The average molecular weight is 509 g/mol. The monoisotopic (exact) mass is 509 g/mol. The lowest BCUT2D eigenvalue weighted by Crippen LogP contribution is -2.52. The van der Waals surface area contributed by atoms with Crippen LogP contribution in [0.2, 0.25) is 0 Å². The quantitative estimate of drug-likeness (QED) is 0.323. The minimum Gasteiger partial charge on any atom is -0.364 e. The van der Waals surface area contributed by atoms with Gasteiger partial charge in [0.25, 0.3) is 0 Å². The topological polar surface area (TPSA) is 74.2 Å². The van der Waals surface area contributed by atoms with Crippen LogP contribution in [-0.2, 0) is 13.0 Å². The van der Waals surface area contributed by atoms with Gasteiger partial charge in [0.1, 0.15) is 11.9 Å². The summed E-state index contributed by atoms with van der Waals surface area (Å²) in [6.07, 6.45) is 6.65. The van der Waals surface area contributed by atoms with Crippen molar-refractivity contribution < 1.29 is 4.52 Å². The van der Waals surface area contributed by atoms with Crippen molar-refractivity contribution in [3.8, 4) is 0 Å². The van der Waals surface area contributed by atoms with Crippen LogP contribution in [0.3, 0.4) is 0 Å². The van der Waals surface area contributed by atoms with E-state index in [1.165, 1.54) is 5.56 Å². The molecule has 0 atom stereocenters. The van der Waals surface area contributed by atoms with Crippen LogP contribution in [0.15, 0.2) is 46.4 Å². The van der Waals surface area contributed by atoms with Gasteiger partial charge in [0, 0.05) is 71.2 Å². The van der Waals surface area contributed by atoms with Gasteiger partial charge in [-0.05, 0) is 18.6 Å². The maximum absolute atomic E-state index is 4.92. The van der Waals surface area contributed by atoms with Crippen molar-refractivity contribution in [2.45, 2.75) is 19.9 Å². The maximum atomic E-state index is 4.92. The number of nitrogens with one attached hydrogen (secondary N) is 1. The van der Waals surface area contributed by atoms with Crippen LogP contribution in [0.25, 0.3) is 5.65 Å². The van der Waals surface area contributed by atoms with Gasteiger partial charge in [-0.1, -0.05) is 11.2 Å². The number of rotatable bonds is 5. The molecule has 1 saturated heterocycles. The molecule has 0 amide bonds. The molecule has 0 unspecified atom stereocenters. The molecule has 29 heavy (non-hydrogen) atoms. The van der Waals surface area contributed by atoms with Crippen LogP contribution in [0.4, 0.5) is 0 Å². The Hall–Kier alpha value is -2.14. The van der Waals surface area contributed by atoms with E-state index in [0.29, 0.717) is 0 Å². The highest BCUT2D eigenvalue weighted by Gasteiger charge is 2.20.